The lowest BCUT2D eigenvalue weighted by molar-refractivity contribution is -0.150. The minimum atomic E-state index is -1.49. The molecule has 168 valence electrons. The minimum Gasteiger partial charge on any atom is -0.496 e. The summed E-state index contributed by atoms with van der Waals surface area (Å²) in [5.74, 6) is -2.42. The van der Waals surface area contributed by atoms with Gasteiger partial charge in [-0.15, -0.1) is 0 Å². The van der Waals surface area contributed by atoms with E-state index in [4.69, 9.17) is 9.47 Å². The van der Waals surface area contributed by atoms with Crippen molar-refractivity contribution >= 4 is 17.8 Å². The van der Waals surface area contributed by atoms with Crippen LogP contribution < -0.4 is 20.1 Å². The Hall–Kier alpha value is -2.61. The van der Waals surface area contributed by atoms with Gasteiger partial charge in [0.1, 0.15) is 17.0 Å². The molecule has 4 unspecified atom stereocenters. The molecule has 3 aliphatic rings. The molecule has 31 heavy (non-hydrogen) atoms. The molecule has 1 aromatic carbocycles. The highest BCUT2D eigenvalue weighted by Gasteiger charge is 2.66. The summed E-state index contributed by atoms with van der Waals surface area (Å²) < 4.78 is 11.0. The Kier molecular flexibility index (Phi) is 5.68. The third kappa shape index (κ3) is 3.37. The Morgan fingerprint density at radius 2 is 1.84 bits per heavy atom. The SMILES string of the molecule is COc1ccc(C2NC(CC3CCCCC3)(C(=O)O)C3C(=O)NC(=O)C23)c(OC)c1C. The first-order chi connectivity index (χ1) is 14.8. The van der Waals surface area contributed by atoms with Crippen LogP contribution >= 0.6 is 0 Å². The van der Waals surface area contributed by atoms with Crippen LogP contribution in [0.4, 0.5) is 0 Å². The molecule has 0 bridgehead atoms. The highest BCUT2D eigenvalue weighted by molar-refractivity contribution is 6.09. The monoisotopic (exact) mass is 430 g/mol. The molecule has 4 rings (SSSR count). The number of aliphatic carboxylic acids is 1. The smallest absolute Gasteiger partial charge is 0.324 e. The van der Waals surface area contributed by atoms with Crippen LogP contribution in [0, 0.1) is 24.7 Å². The number of nitrogens with one attached hydrogen (secondary N) is 2. The standard InChI is InChI=1S/C23H30N2O6/c1-12-15(30-2)10-9-14(19(12)31-3)18-16-17(21(27)24-20(16)26)23(25-18,22(28)29)11-13-7-5-4-6-8-13/h9-10,13,16-18,25H,4-8,11H2,1-3H3,(H,28,29)(H,24,26,27). The highest BCUT2D eigenvalue weighted by Crippen LogP contribution is 2.52. The summed E-state index contributed by atoms with van der Waals surface area (Å²) in [5, 5.41) is 16.0. The Bertz CT molecular complexity index is 910. The van der Waals surface area contributed by atoms with E-state index in [1.807, 2.05) is 6.92 Å². The van der Waals surface area contributed by atoms with E-state index < -0.39 is 41.2 Å². The second-order valence-corrected chi connectivity index (χ2v) is 8.98. The van der Waals surface area contributed by atoms with Crippen molar-refractivity contribution in [3.05, 3.63) is 23.3 Å². The van der Waals surface area contributed by atoms with E-state index in [0.717, 1.165) is 37.7 Å². The van der Waals surface area contributed by atoms with Crippen LogP contribution in [0.15, 0.2) is 12.1 Å². The van der Waals surface area contributed by atoms with Crippen LogP contribution in [-0.2, 0) is 14.4 Å². The van der Waals surface area contributed by atoms with Crippen LogP contribution in [0.3, 0.4) is 0 Å². The Labute approximate surface area is 181 Å². The summed E-state index contributed by atoms with van der Waals surface area (Å²) in [6.45, 7) is 1.85. The number of carbonyl (C=O) groups is 3. The second-order valence-electron chi connectivity index (χ2n) is 8.98. The maximum atomic E-state index is 12.8. The predicted molar refractivity (Wildman–Crippen MR) is 112 cm³/mol. The molecule has 3 fully saturated rings. The molecule has 2 heterocycles. The van der Waals surface area contributed by atoms with Crippen LogP contribution in [0.25, 0.3) is 0 Å². The van der Waals surface area contributed by atoms with E-state index in [1.165, 1.54) is 7.11 Å². The summed E-state index contributed by atoms with van der Waals surface area (Å²) in [6.07, 6.45) is 5.50. The number of imide groups is 1. The number of rotatable bonds is 6. The van der Waals surface area contributed by atoms with Gasteiger partial charge in [-0.3, -0.25) is 25.0 Å². The van der Waals surface area contributed by atoms with E-state index in [2.05, 4.69) is 10.6 Å². The van der Waals surface area contributed by atoms with Crippen molar-refractivity contribution in [1.82, 2.24) is 10.6 Å². The van der Waals surface area contributed by atoms with Crippen molar-refractivity contribution in [3.63, 3.8) is 0 Å². The first-order valence-corrected chi connectivity index (χ1v) is 10.9. The summed E-state index contributed by atoms with van der Waals surface area (Å²) in [6, 6.07) is 2.91. The van der Waals surface area contributed by atoms with Crippen molar-refractivity contribution in [1.29, 1.82) is 0 Å². The van der Waals surface area contributed by atoms with E-state index in [0.29, 0.717) is 23.5 Å². The molecule has 8 nitrogen and oxygen atoms in total. The maximum absolute atomic E-state index is 12.8. The fraction of sp³-hybridized carbons (Fsp3) is 0.609. The third-order valence-electron chi connectivity index (χ3n) is 7.36. The number of carboxylic acids is 1. The molecule has 2 aliphatic heterocycles. The van der Waals surface area contributed by atoms with E-state index in [1.54, 1.807) is 19.2 Å². The lowest BCUT2D eigenvalue weighted by atomic mass is 9.72. The zero-order valence-corrected chi connectivity index (χ0v) is 18.2. The number of carboxylic acid groups (broad SMARTS) is 1. The lowest BCUT2D eigenvalue weighted by Gasteiger charge is -2.35. The number of hydrogen-bond acceptors (Lipinski definition) is 6. The van der Waals surface area contributed by atoms with Gasteiger partial charge >= 0.3 is 5.97 Å². The van der Waals surface area contributed by atoms with Crippen molar-refractivity contribution in [2.24, 2.45) is 17.8 Å². The average Bonchev–Trinajstić information content (AvgIpc) is 3.25. The van der Waals surface area contributed by atoms with Gasteiger partial charge in [0.05, 0.1) is 26.1 Å². The van der Waals surface area contributed by atoms with Crippen LogP contribution in [0.2, 0.25) is 0 Å². The zero-order chi connectivity index (χ0) is 22.3. The first-order valence-electron chi connectivity index (χ1n) is 10.9. The number of carbonyl (C=O) groups excluding carboxylic acids is 2. The molecule has 0 radical (unpaired) electrons. The number of hydrogen-bond donors (Lipinski definition) is 3. The van der Waals surface area contributed by atoms with Crippen molar-refractivity contribution in [3.8, 4) is 11.5 Å². The van der Waals surface area contributed by atoms with Crippen molar-refractivity contribution < 1.29 is 29.0 Å². The molecular formula is C23H30N2O6. The molecule has 8 heteroatoms. The van der Waals surface area contributed by atoms with E-state index >= 15 is 0 Å². The number of methoxy groups -OCH3 is 2. The molecule has 1 aliphatic carbocycles. The van der Waals surface area contributed by atoms with Gasteiger partial charge in [0.2, 0.25) is 11.8 Å². The summed E-state index contributed by atoms with van der Waals surface area (Å²) >= 11 is 0. The van der Waals surface area contributed by atoms with Gasteiger partial charge < -0.3 is 14.6 Å². The van der Waals surface area contributed by atoms with Crippen molar-refractivity contribution in [2.45, 2.75) is 57.0 Å². The van der Waals surface area contributed by atoms with Crippen molar-refractivity contribution in [2.75, 3.05) is 14.2 Å². The molecule has 1 saturated carbocycles. The first kappa shape index (κ1) is 21.6. The summed E-state index contributed by atoms with van der Waals surface area (Å²) in [5.41, 5.74) is -0.0787. The summed E-state index contributed by atoms with van der Waals surface area (Å²) in [7, 11) is 3.10. The minimum absolute atomic E-state index is 0.208. The molecular weight excluding hydrogens is 400 g/mol. The van der Waals surface area contributed by atoms with Gasteiger partial charge in [0.25, 0.3) is 0 Å². The number of fused-ring (bicyclic) bond motifs is 1. The van der Waals surface area contributed by atoms with E-state index in [9.17, 15) is 19.5 Å². The molecule has 2 amide bonds. The molecule has 3 N–H and O–H groups in total. The van der Waals surface area contributed by atoms with Gasteiger partial charge in [-0.2, -0.15) is 0 Å². The van der Waals surface area contributed by atoms with Crippen LogP contribution in [-0.4, -0.2) is 42.6 Å². The van der Waals surface area contributed by atoms with Crippen LogP contribution in [0.1, 0.15) is 55.7 Å². The summed E-state index contributed by atoms with van der Waals surface area (Å²) in [4.78, 5) is 38.4. The maximum Gasteiger partial charge on any atom is 0.324 e. The van der Waals surface area contributed by atoms with Gasteiger partial charge in [-0.1, -0.05) is 38.2 Å². The fourth-order valence-electron chi connectivity index (χ4n) is 5.95. The Morgan fingerprint density at radius 1 is 1.13 bits per heavy atom. The van der Waals surface area contributed by atoms with Gasteiger partial charge in [0, 0.05) is 17.2 Å². The van der Waals surface area contributed by atoms with E-state index in [-0.39, 0.29) is 5.92 Å². The lowest BCUT2D eigenvalue weighted by Crippen LogP contribution is -2.56. The molecule has 2 saturated heterocycles. The second kappa shape index (κ2) is 8.15. The van der Waals surface area contributed by atoms with Gasteiger partial charge in [0.15, 0.2) is 0 Å². The van der Waals surface area contributed by atoms with Gasteiger partial charge in [-0.05, 0) is 25.3 Å². The fourth-order valence-corrected chi connectivity index (χ4v) is 5.95. The number of amides is 2. The predicted octanol–water partition coefficient (Wildman–Crippen LogP) is 2.34. The zero-order valence-electron chi connectivity index (χ0n) is 18.2. The Morgan fingerprint density at radius 3 is 2.45 bits per heavy atom. The van der Waals surface area contributed by atoms with Gasteiger partial charge in [-0.25, -0.2) is 0 Å². The molecule has 1 aromatic rings. The number of ether oxygens (including phenoxy) is 2. The van der Waals surface area contributed by atoms with Crippen LogP contribution in [0.5, 0.6) is 11.5 Å². The molecule has 4 atom stereocenters. The largest absolute Gasteiger partial charge is 0.496 e. The Balaban J connectivity index is 1.80. The molecule has 0 aromatic heterocycles. The number of benzene rings is 1. The molecule has 0 spiro atoms. The normalized spacial score (nSPS) is 30.7. The highest BCUT2D eigenvalue weighted by atomic mass is 16.5. The quantitative estimate of drug-likeness (QED) is 0.594. The third-order valence-corrected chi connectivity index (χ3v) is 7.36. The average molecular weight is 431 g/mol. The topological polar surface area (TPSA) is 114 Å².